The molecule has 1 unspecified atom stereocenters. The number of rotatable bonds is 2. The van der Waals surface area contributed by atoms with Crippen LogP contribution in [-0.4, -0.2) is 11.4 Å². The van der Waals surface area contributed by atoms with Crippen molar-refractivity contribution in [3.05, 3.63) is 53.1 Å². The lowest BCUT2D eigenvalue weighted by molar-refractivity contribution is -0.123. The van der Waals surface area contributed by atoms with E-state index in [0.29, 0.717) is 5.92 Å². The normalized spacial score (nSPS) is 23.2. The van der Waals surface area contributed by atoms with Crippen molar-refractivity contribution in [2.45, 2.75) is 70.8 Å². The number of nitrogens with one attached hydrogen (secondary N) is 1. The number of hydrogen-bond donors (Lipinski definition) is 1. The van der Waals surface area contributed by atoms with Crippen LogP contribution in [0.3, 0.4) is 0 Å². The lowest BCUT2D eigenvalue weighted by Gasteiger charge is -2.29. The highest BCUT2D eigenvalue weighted by Crippen LogP contribution is 2.36. The van der Waals surface area contributed by atoms with Crippen LogP contribution in [0.25, 0.3) is 6.08 Å². The van der Waals surface area contributed by atoms with E-state index in [1.54, 1.807) is 0 Å². The van der Waals surface area contributed by atoms with Gasteiger partial charge in [-0.15, -0.1) is 0 Å². The van der Waals surface area contributed by atoms with Gasteiger partial charge in [0.2, 0.25) is 5.91 Å². The second-order valence-corrected chi connectivity index (χ2v) is 8.55. The number of amides is 1. The molecule has 2 aliphatic rings. The monoisotopic (exact) mass is 337 g/mol. The van der Waals surface area contributed by atoms with Crippen molar-refractivity contribution in [2.24, 2.45) is 5.92 Å². The van der Waals surface area contributed by atoms with Crippen LogP contribution in [0.5, 0.6) is 0 Å². The average Bonchev–Trinajstić information content (AvgIpc) is 2.81. The van der Waals surface area contributed by atoms with Crippen LogP contribution >= 0.6 is 0 Å². The predicted octanol–water partition coefficient (Wildman–Crippen LogP) is 5.61. The zero-order valence-electron chi connectivity index (χ0n) is 15.8. The van der Waals surface area contributed by atoms with Crippen LogP contribution in [0, 0.1) is 5.92 Å². The van der Waals surface area contributed by atoms with Crippen LogP contribution < -0.4 is 5.32 Å². The van der Waals surface area contributed by atoms with Gasteiger partial charge in [0.05, 0.1) is 5.92 Å². The summed E-state index contributed by atoms with van der Waals surface area (Å²) in [4.78, 5) is 13.1. The molecule has 1 saturated carbocycles. The Morgan fingerprint density at radius 3 is 2.40 bits per heavy atom. The lowest BCUT2D eigenvalue weighted by atomic mass is 9.80. The van der Waals surface area contributed by atoms with E-state index in [9.17, 15) is 4.79 Å². The van der Waals surface area contributed by atoms with Crippen molar-refractivity contribution < 1.29 is 4.79 Å². The molecule has 2 heteroatoms. The molecule has 3 rings (SSSR count). The molecule has 0 aromatic heterocycles. The van der Waals surface area contributed by atoms with Crippen LogP contribution in [-0.2, 0) is 4.79 Å². The maximum absolute atomic E-state index is 13.1. The van der Waals surface area contributed by atoms with Gasteiger partial charge in [-0.25, -0.2) is 0 Å². The zero-order valence-corrected chi connectivity index (χ0v) is 15.8. The van der Waals surface area contributed by atoms with E-state index in [1.807, 2.05) is 32.9 Å². The van der Waals surface area contributed by atoms with E-state index >= 15 is 0 Å². The van der Waals surface area contributed by atoms with Gasteiger partial charge in [-0.3, -0.25) is 4.79 Å². The lowest BCUT2D eigenvalue weighted by Crippen LogP contribution is -2.43. The second kappa shape index (κ2) is 7.59. The van der Waals surface area contributed by atoms with Gasteiger partial charge in [0.25, 0.3) is 0 Å². The summed E-state index contributed by atoms with van der Waals surface area (Å²) in [5.74, 6) is 0.533. The summed E-state index contributed by atoms with van der Waals surface area (Å²) in [6, 6.07) is 8.29. The first-order valence-electron chi connectivity index (χ1n) is 9.75. The second-order valence-electron chi connectivity index (χ2n) is 8.55. The Morgan fingerprint density at radius 1 is 1.04 bits per heavy atom. The third kappa shape index (κ3) is 4.62. The molecule has 0 aliphatic heterocycles. The molecule has 0 heterocycles. The summed E-state index contributed by atoms with van der Waals surface area (Å²) in [5.41, 5.74) is 3.24. The number of carbonyl (C=O) groups is 1. The predicted molar refractivity (Wildman–Crippen MR) is 105 cm³/mol. The summed E-state index contributed by atoms with van der Waals surface area (Å²) >= 11 is 0. The van der Waals surface area contributed by atoms with E-state index in [0.717, 1.165) is 11.1 Å². The highest BCUT2D eigenvalue weighted by molar-refractivity contribution is 5.91. The highest BCUT2D eigenvalue weighted by atomic mass is 16.2. The van der Waals surface area contributed by atoms with E-state index < -0.39 is 0 Å². The molecule has 0 spiro atoms. The summed E-state index contributed by atoms with van der Waals surface area (Å²) in [6.07, 6.45) is 14.6. The summed E-state index contributed by atoms with van der Waals surface area (Å²) in [5, 5.41) is 3.20. The molecular formula is C23H31NO. The first-order chi connectivity index (χ1) is 11.9. The van der Waals surface area contributed by atoms with Crippen molar-refractivity contribution >= 4 is 12.0 Å². The van der Waals surface area contributed by atoms with Crippen LogP contribution in [0.2, 0.25) is 0 Å². The first kappa shape index (κ1) is 18.0. The van der Waals surface area contributed by atoms with Crippen LogP contribution in [0.4, 0.5) is 0 Å². The Hall–Kier alpha value is -1.83. The number of hydrogen-bond acceptors (Lipinski definition) is 1. The van der Waals surface area contributed by atoms with Crippen molar-refractivity contribution in [3.8, 4) is 0 Å². The molecule has 0 saturated heterocycles. The van der Waals surface area contributed by atoms with Crippen molar-refractivity contribution in [2.75, 3.05) is 0 Å². The Kier molecular flexibility index (Phi) is 5.46. The Morgan fingerprint density at radius 2 is 1.72 bits per heavy atom. The SMILES string of the molecule is CC(C)(C)NC(=O)C1C(=CC2CCCCCC2)C=Cc2ccccc21. The van der Waals surface area contributed by atoms with Gasteiger partial charge in [0.15, 0.2) is 0 Å². The van der Waals surface area contributed by atoms with Crippen LogP contribution in [0.1, 0.15) is 76.3 Å². The zero-order chi connectivity index (χ0) is 17.9. The molecule has 134 valence electrons. The molecule has 0 bridgehead atoms. The number of benzene rings is 1. The van der Waals surface area contributed by atoms with Crippen molar-refractivity contribution in [1.82, 2.24) is 5.32 Å². The number of allylic oxidation sites excluding steroid dienone is 2. The molecule has 25 heavy (non-hydrogen) atoms. The Bertz CT molecular complexity index is 670. The van der Waals surface area contributed by atoms with Crippen molar-refractivity contribution in [1.29, 1.82) is 0 Å². The molecule has 1 fully saturated rings. The largest absolute Gasteiger partial charge is 0.351 e. The van der Waals surface area contributed by atoms with Gasteiger partial charge < -0.3 is 5.32 Å². The van der Waals surface area contributed by atoms with Gasteiger partial charge in [-0.05, 0) is 56.2 Å². The quantitative estimate of drug-likeness (QED) is 0.698. The van der Waals surface area contributed by atoms with Crippen LogP contribution in [0.15, 0.2) is 42.0 Å². The molecule has 2 nitrogen and oxygen atoms in total. The smallest absolute Gasteiger partial charge is 0.232 e. The highest BCUT2D eigenvalue weighted by Gasteiger charge is 2.30. The van der Waals surface area contributed by atoms with Gasteiger partial charge >= 0.3 is 0 Å². The van der Waals surface area contributed by atoms with E-state index in [2.05, 4.69) is 35.7 Å². The van der Waals surface area contributed by atoms with E-state index in [1.165, 1.54) is 44.1 Å². The standard InChI is InChI=1S/C23H31NO/c1-23(2,3)24-22(25)21-19(16-17-10-6-4-5-7-11-17)15-14-18-12-8-9-13-20(18)21/h8-9,12-17,21H,4-7,10-11H2,1-3H3,(H,24,25). The summed E-state index contributed by atoms with van der Waals surface area (Å²) in [6.45, 7) is 6.14. The Balaban J connectivity index is 1.94. The molecule has 1 aromatic rings. The summed E-state index contributed by atoms with van der Waals surface area (Å²) in [7, 11) is 0. The number of carbonyl (C=O) groups excluding carboxylic acids is 1. The number of fused-ring (bicyclic) bond motifs is 1. The molecule has 2 aliphatic carbocycles. The van der Waals surface area contributed by atoms with Gasteiger partial charge in [0.1, 0.15) is 0 Å². The third-order valence-electron chi connectivity index (χ3n) is 5.18. The molecule has 0 radical (unpaired) electrons. The summed E-state index contributed by atoms with van der Waals surface area (Å²) < 4.78 is 0. The fourth-order valence-electron chi connectivity index (χ4n) is 4.02. The van der Waals surface area contributed by atoms with E-state index in [4.69, 9.17) is 0 Å². The fraction of sp³-hybridized carbons (Fsp3) is 0.522. The van der Waals surface area contributed by atoms with Gasteiger partial charge in [0, 0.05) is 5.54 Å². The average molecular weight is 338 g/mol. The van der Waals surface area contributed by atoms with Gasteiger partial charge in [-0.1, -0.05) is 68.2 Å². The molecule has 1 aromatic carbocycles. The minimum Gasteiger partial charge on any atom is -0.351 e. The maximum atomic E-state index is 13.1. The molecular weight excluding hydrogens is 306 g/mol. The first-order valence-corrected chi connectivity index (χ1v) is 9.75. The molecule has 1 N–H and O–H groups in total. The molecule has 1 atom stereocenters. The fourth-order valence-corrected chi connectivity index (χ4v) is 4.02. The van der Waals surface area contributed by atoms with Crippen molar-refractivity contribution in [3.63, 3.8) is 0 Å². The minimum atomic E-state index is -0.222. The Labute approximate surface area is 152 Å². The van der Waals surface area contributed by atoms with E-state index in [-0.39, 0.29) is 17.4 Å². The van der Waals surface area contributed by atoms with Gasteiger partial charge in [-0.2, -0.15) is 0 Å². The minimum absolute atomic E-state index is 0.115. The third-order valence-corrected chi connectivity index (χ3v) is 5.18. The topological polar surface area (TPSA) is 29.1 Å². The maximum Gasteiger partial charge on any atom is 0.232 e. The molecule has 1 amide bonds.